The summed E-state index contributed by atoms with van der Waals surface area (Å²) in [6.07, 6.45) is 2.88. The number of hydrogen-bond acceptors (Lipinski definition) is 4. The summed E-state index contributed by atoms with van der Waals surface area (Å²) in [7, 11) is 0. The lowest BCUT2D eigenvalue weighted by Gasteiger charge is -2.20. The smallest absolute Gasteiger partial charge is 0.222 e. The molecule has 6 heteroatoms. The Bertz CT molecular complexity index is 683. The van der Waals surface area contributed by atoms with Crippen LogP contribution < -0.4 is 10.2 Å². The molecule has 2 rings (SSSR count). The highest BCUT2D eigenvalue weighted by Crippen LogP contribution is 2.20. The van der Waals surface area contributed by atoms with E-state index in [2.05, 4.69) is 34.0 Å². The van der Waals surface area contributed by atoms with E-state index in [1.54, 1.807) is 0 Å². The number of rotatable bonds is 4. The molecule has 0 bridgehead atoms. The van der Waals surface area contributed by atoms with Gasteiger partial charge in [0, 0.05) is 25.7 Å². The van der Waals surface area contributed by atoms with Crippen LogP contribution in [0.3, 0.4) is 0 Å². The molecule has 120 valence electrons. The van der Waals surface area contributed by atoms with Crippen LogP contribution in [0.5, 0.6) is 0 Å². The van der Waals surface area contributed by atoms with E-state index in [0.29, 0.717) is 5.84 Å². The van der Waals surface area contributed by atoms with Crippen molar-refractivity contribution in [3.63, 3.8) is 0 Å². The molecular weight excluding hydrogens is 292 g/mol. The maximum Gasteiger partial charge on any atom is 0.222 e. The quantitative estimate of drug-likeness (QED) is 0.926. The Morgan fingerprint density at radius 1 is 1.17 bits per heavy atom. The molecule has 23 heavy (non-hydrogen) atoms. The lowest BCUT2D eigenvalue weighted by atomic mass is 10.2. The van der Waals surface area contributed by atoms with Gasteiger partial charge in [-0.15, -0.1) is 0 Å². The van der Waals surface area contributed by atoms with Crippen molar-refractivity contribution in [2.24, 2.45) is 9.98 Å². The van der Waals surface area contributed by atoms with Gasteiger partial charge in [-0.2, -0.15) is 0 Å². The van der Waals surface area contributed by atoms with Gasteiger partial charge in [-0.25, -0.2) is 9.98 Å². The van der Waals surface area contributed by atoms with Crippen LogP contribution in [0.1, 0.15) is 20.8 Å². The third kappa shape index (κ3) is 4.35. The number of ketones is 1. The molecule has 1 N–H and O–H groups in total. The molecule has 1 heterocycles. The first-order valence-corrected chi connectivity index (χ1v) is 7.56. The number of aliphatic imine (C=N–C) groups is 2. The average Bonchev–Trinajstić information content (AvgIpc) is 2.53. The number of amides is 1. The largest absolute Gasteiger partial charge is 0.372 e. The Balaban J connectivity index is 2.21. The fourth-order valence-corrected chi connectivity index (χ4v) is 2.21. The highest BCUT2D eigenvalue weighted by atomic mass is 16.2. The number of carbonyl (C=O) groups excluding carboxylic acids is 2. The van der Waals surface area contributed by atoms with Crippen molar-refractivity contribution in [1.82, 2.24) is 5.32 Å². The van der Waals surface area contributed by atoms with E-state index >= 15 is 0 Å². The summed E-state index contributed by atoms with van der Waals surface area (Å²) in [5.74, 6) is -0.297. The SMILES string of the molecule is CCN(CC)c1ccc(N=C2C=CC(=O)C(NC(C)=O)=N2)cc1. The lowest BCUT2D eigenvalue weighted by Crippen LogP contribution is -2.36. The minimum atomic E-state index is -0.338. The van der Waals surface area contributed by atoms with Crippen molar-refractivity contribution in [3.05, 3.63) is 36.4 Å². The zero-order valence-corrected chi connectivity index (χ0v) is 13.5. The number of hydrogen-bond donors (Lipinski definition) is 1. The van der Waals surface area contributed by atoms with Crippen LogP contribution in [0, 0.1) is 0 Å². The van der Waals surface area contributed by atoms with Crippen LogP contribution in [0.2, 0.25) is 0 Å². The van der Waals surface area contributed by atoms with Gasteiger partial charge < -0.3 is 10.2 Å². The Morgan fingerprint density at radius 2 is 1.83 bits per heavy atom. The van der Waals surface area contributed by atoms with E-state index in [1.165, 1.54) is 19.1 Å². The van der Waals surface area contributed by atoms with Gasteiger partial charge in [0.25, 0.3) is 0 Å². The van der Waals surface area contributed by atoms with E-state index in [-0.39, 0.29) is 17.5 Å². The Morgan fingerprint density at radius 3 is 2.39 bits per heavy atom. The van der Waals surface area contributed by atoms with Gasteiger partial charge in [0.2, 0.25) is 11.7 Å². The maximum absolute atomic E-state index is 11.6. The van der Waals surface area contributed by atoms with Gasteiger partial charge in [0.05, 0.1) is 5.69 Å². The molecule has 0 aliphatic carbocycles. The fourth-order valence-electron chi connectivity index (χ4n) is 2.21. The standard InChI is InChI=1S/C17H20N4O2/c1-4-21(5-2)14-8-6-13(7-9-14)19-16-11-10-15(23)17(20-16)18-12(3)22/h6-11H,4-5H2,1-3H3,(H,18,19,20,22). The summed E-state index contributed by atoms with van der Waals surface area (Å²) in [5.41, 5.74) is 1.87. The van der Waals surface area contributed by atoms with Gasteiger partial charge in [-0.3, -0.25) is 9.59 Å². The minimum absolute atomic E-state index is 0.00138. The molecule has 1 aliphatic heterocycles. The second-order valence-electron chi connectivity index (χ2n) is 5.00. The topological polar surface area (TPSA) is 74.1 Å². The van der Waals surface area contributed by atoms with E-state index < -0.39 is 0 Å². The molecule has 1 aromatic rings. The normalized spacial score (nSPS) is 15.5. The van der Waals surface area contributed by atoms with Gasteiger partial charge >= 0.3 is 0 Å². The van der Waals surface area contributed by atoms with Crippen molar-refractivity contribution in [2.45, 2.75) is 20.8 Å². The van der Waals surface area contributed by atoms with Crippen molar-refractivity contribution >= 4 is 34.7 Å². The van der Waals surface area contributed by atoms with Crippen LogP contribution in [0.15, 0.2) is 46.4 Å². The van der Waals surface area contributed by atoms with E-state index in [4.69, 9.17) is 0 Å². The summed E-state index contributed by atoms with van der Waals surface area (Å²) in [6.45, 7) is 7.44. The molecule has 1 aromatic carbocycles. The van der Waals surface area contributed by atoms with Gasteiger partial charge in [-0.1, -0.05) is 0 Å². The molecule has 1 amide bonds. The van der Waals surface area contributed by atoms with E-state index in [1.807, 2.05) is 24.3 Å². The van der Waals surface area contributed by atoms with Crippen LogP contribution >= 0.6 is 0 Å². The van der Waals surface area contributed by atoms with Gasteiger partial charge in [0.15, 0.2) is 11.7 Å². The highest BCUT2D eigenvalue weighted by molar-refractivity contribution is 6.48. The first-order chi connectivity index (χ1) is 11.0. The molecule has 0 unspecified atom stereocenters. The van der Waals surface area contributed by atoms with Gasteiger partial charge in [-0.05, 0) is 50.3 Å². The molecule has 0 fully saturated rings. The Labute approximate surface area is 135 Å². The van der Waals surface area contributed by atoms with Crippen LogP contribution in [-0.4, -0.2) is 36.5 Å². The first-order valence-electron chi connectivity index (χ1n) is 7.56. The van der Waals surface area contributed by atoms with Crippen molar-refractivity contribution < 1.29 is 9.59 Å². The Kier molecular flexibility index (Phi) is 5.41. The van der Waals surface area contributed by atoms with Crippen LogP contribution in [-0.2, 0) is 9.59 Å². The summed E-state index contributed by atoms with van der Waals surface area (Å²) >= 11 is 0. The molecule has 0 radical (unpaired) electrons. The number of nitrogens with zero attached hydrogens (tertiary/aromatic N) is 3. The molecule has 0 aromatic heterocycles. The predicted molar refractivity (Wildman–Crippen MR) is 92.5 cm³/mol. The number of amidine groups is 2. The second-order valence-corrected chi connectivity index (χ2v) is 5.00. The fraction of sp³-hybridized carbons (Fsp3) is 0.294. The first kappa shape index (κ1) is 16.6. The maximum atomic E-state index is 11.6. The third-order valence-electron chi connectivity index (χ3n) is 3.36. The summed E-state index contributed by atoms with van der Waals surface area (Å²) < 4.78 is 0. The van der Waals surface area contributed by atoms with Crippen molar-refractivity contribution in [1.29, 1.82) is 0 Å². The minimum Gasteiger partial charge on any atom is -0.372 e. The van der Waals surface area contributed by atoms with Crippen LogP contribution in [0.25, 0.3) is 0 Å². The average molecular weight is 312 g/mol. The zero-order chi connectivity index (χ0) is 16.8. The molecule has 6 nitrogen and oxygen atoms in total. The summed E-state index contributed by atoms with van der Waals surface area (Å²) in [5, 5.41) is 2.41. The molecule has 0 spiro atoms. The number of anilines is 1. The summed E-state index contributed by atoms with van der Waals surface area (Å²) in [4.78, 5) is 33.4. The number of carbonyl (C=O) groups is 2. The molecule has 0 saturated carbocycles. The number of nitrogens with one attached hydrogen (secondary N) is 1. The molecule has 0 saturated heterocycles. The molecule has 0 atom stereocenters. The number of dihydropyridines is 1. The molecule has 1 aliphatic rings. The van der Waals surface area contributed by atoms with E-state index in [9.17, 15) is 9.59 Å². The van der Waals surface area contributed by atoms with E-state index in [0.717, 1.165) is 24.5 Å². The summed E-state index contributed by atoms with van der Waals surface area (Å²) in [6, 6.07) is 7.81. The van der Waals surface area contributed by atoms with Crippen molar-refractivity contribution in [2.75, 3.05) is 18.0 Å². The zero-order valence-electron chi connectivity index (χ0n) is 13.5. The Hall–Kier alpha value is -2.76. The highest BCUT2D eigenvalue weighted by Gasteiger charge is 2.15. The second kappa shape index (κ2) is 7.49. The molecular formula is C17H20N4O2. The monoisotopic (exact) mass is 312 g/mol. The lowest BCUT2D eigenvalue weighted by molar-refractivity contribution is -0.118. The predicted octanol–water partition coefficient (Wildman–Crippen LogP) is 2.24. The van der Waals surface area contributed by atoms with Crippen molar-refractivity contribution in [3.8, 4) is 0 Å². The van der Waals surface area contributed by atoms with Gasteiger partial charge in [0.1, 0.15) is 0 Å². The number of benzene rings is 1. The van der Waals surface area contributed by atoms with Crippen LogP contribution in [0.4, 0.5) is 11.4 Å². The third-order valence-corrected chi connectivity index (χ3v) is 3.36.